The highest BCUT2D eigenvalue weighted by Gasteiger charge is 2.23. The SMILES string of the molecule is COc1ccc(CN(Cc2nc(C(=O)NC[C@@H]3CCCO3)co2)[C@@H](C)c2ccccc2)c(OC)c1. The van der Waals surface area contributed by atoms with Crippen molar-refractivity contribution in [1.82, 2.24) is 15.2 Å². The lowest BCUT2D eigenvalue weighted by Crippen LogP contribution is -2.32. The van der Waals surface area contributed by atoms with E-state index in [0.29, 0.717) is 25.5 Å². The minimum atomic E-state index is -0.255. The molecule has 0 radical (unpaired) electrons. The van der Waals surface area contributed by atoms with Crippen molar-refractivity contribution < 1.29 is 23.4 Å². The van der Waals surface area contributed by atoms with Crippen LogP contribution in [0.15, 0.2) is 59.2 Å². The lowest BCUT2D eigenvalue weighted by molar-refractivity contribution is 0.0853. The highest BCUT2D eigenvalue weighted by atomic mass is 16.5. The Morgan fingerprint density at radius 1 is 1.17 bits per heavy atom. The molecule has 2 atom stereocenters. The number of hydrogen-bond acceptors (Lipinski definition) is 7. The highest BCUT2D eigenvalue weighted by molar-refractivity contribution is 5.91. The van der Waals surface area contributed by atoms with Crippen LogP contribution in [0.3, 0.4) is 0 Å². The number of carbonyl (C=O) groups excluding carboxylic acids is 1. The molecule has 0 unspecified atom stereocenters. The van der Waals surface area contributed by atoms with E-state index in [4.69, 9.17) is 18.6 Å². The van der Waals surface area contributed by atoms with E-state index in [-0.39, 0.29) is 23.7 Å². The molecule has 0 spiro atoms. The van der Waals surface area contributed by atoms with Crippen molar-refractivity contribution in [3.63, 3.8) is 0 Å². The molecule has 1 fully saturated rings. The van der Waals surface area contributed by atoms with Gasteiger partial charge in [0, 0.05) is 37.4 Å². The number of aromatic nitrogens is 1. The Kier molecular flexibility index (Phi) is 8.39. The number of methoxy groups -OCH3 is 2. The van der Waals surface area contributed by atoms with Crippen LogP contribution in [0.4, 0.5) is 0 Å². The summed E-state index contributed by atoms with van der Waals surface area (Å²) in [6.07, 6.45) is 3.49. The van der Waals surface area contributed by atoms with Gasteiger partial charge < -0.3 is 23.9 Å². The van der Waals surface area contributed by atoms with E-state index in [1.165, 1.54) is 11.8 Å². The largest absolute Gasteiger partial charge is 0.497 e. The first-order valence-corrected chi connectivity index (χ1v) is 11.9. The topological polar surface area (TPSA) is 86.1 Å². The zero-order valence-electron chi connectivity index (χ0n) is 20.5. The molecule has 0 aliphatic carbocycles. The zero-order chi connectivity index (χ0) is 24.6. The fraction of sp³-hybridized carbons (Fsp3) is 0.407. The second-order valence-corrected chi connectivity index (χ2v) is 8.64. The average molecular weight is 480 g/mol. The number of ether oxygens (including phenoxy) is 3. The predicted octanol–water partition coefficient (Wildman–Crippen LogP) is 4.36. The minimum absolute atomic E-state index is 0.0618. The van der Waals surface area contributed by atoms with E-state index in [9.17, 15) is 4.79 Å². The Hall–Kier alpha value is -3.36. The molecule has 2 aromatic carbocycles. The van der Waals surface area contributed by atoms with Crippen LogP contribution >= 0.6 is 0 Å². The molecular formula is C27H33N3O5. The second-order valence-electron chi connectivity index (χ2n) is 8.64. The van der Waals surface area contributed by atoms with Crippen molar-refractivity contribution in [2.24, 2.45) is 0 Å². The first-order valence-electron chi connectivity index (χ1n) is 11.9. The molecule has 3 aromatic rings. The third-order valence-corrected chi connectivity index (χ3v) is 6.33. The summed E-state index contributed by atoms with van der Waals surface area (Å²) in [6, 6.07) is 16.1. The van der Waals surface area contributed by atoms with Gasteiger partial charge in [-0.3, -0.25) is 9.69 Å². The van der Waals surface area contributed by atoms with E-state index < -0.39 is 0 Å². The van der Waals surface area contributed by atoms with E-state index in [2.05, 4.69) is 34.3 Å². The number of rotatable bonds is 11. The Morgan fingerprint density at radius 3 is 2.71 bits per heavy atom. The number of hydrogen-bond donors (Lipinski definition) is 1. The standard InChI is InChI=1S/C27H33N3O5/c1-19(20-8-5-4-6-9-20)30(16-21-11-12-22(32-2)14-25(21)33-3)17-26-29-24(18-35-26)27(31)28-15-23-10-7-13-34-23/h4-6,8-9,11-12,14,18-19,23H,7,10,13,15-17H2,1-3H3,(H,28,31)/t19-,23-/m0/s1. The summed E-state index contributed by atoms with van der Waals surface area (Å²) in [6.45, 7) is 4.39. The van der Waals surface area contributed by atoms with Crippen LogP contribution in [0.5, 0.6) is 11.5 Å². The molecule has 8 nitrogen and oxygen atoms in total. The Labute approximate surface area is 206 Å². The summed E-state index contributed by atoms with van der Waals surface area (Å²) in [7, 11) is 3.29. The van der Waals surface area contributed by atoms with Gasteiger partial charge in [0.15, 0.2) is 5.69 Å². The van der Waals surface area contributed by atoms with Gasteiger partial charge in [-0.15, -0.1) is 0 Å². The first-order chi connectivity index (χ1) is 17.1. The van der Waals surface area contributed by atoms with E-state index in [1.807, 2.05) is 36.4 Å². The van der Waals surface area contributed by atoms with Gasteiger partial charge in [0.05, 0.1) is 26.9 Å². The Balaban J connectivity index is 1.50. The summed E-state index contributed by atoms with van der Waals surface area (Å²) in [5.74, 6) is 1.70. The van der Waals surface area contributed by atoms with Crippen molar-refractivity contribution in [3.8, 4) is 11.5 Å². The molecule has 2 heterocycles. The van der Waals surface area contributed by atoms with Gasteiger partial charge >= 0.3 is 0 Å². The maximum Gasteiger partial charge on any atom is 0.273 e. The summed E-state index contributed by atoms with van der Waals surface area (Å²) >= 11 is 0. The maximum absolute atomic E-state index is 12.6. The smallest absolute Gasteiger partial charge is 0.273 e. The van der Waals surface area contributed by atoms with Crippen LogP contribution in [0, 0.1) is 0 Å². The van der Waals surface area contributed by atoms with Gasteiger partial charge in [-0.1, -0.05) is 36.4 Å². The lowest BCUT2D eigenvalue weighted by Gasteiger charge is -2.29. The molecule has 1 aliphatic rings. The molecule has 1 N–H and O–H groups in total. The zero-order valence-corrected chi connectivity index (χ0v) is 20.5. The third kappa shape index (κ3) is 6.41. The van der Waals surface area contributed by atoms with Crippen molar-refractivity contribution in [2.45, 2.75) is 45.0 Å². The van der Waals surface area contributed by atoms with Crippen molar-refractivity contribution >= 4 is 5.91 Å². The number of nitrogens with one attached hydrogen (secondary N) is 1. The number of benzene rings is 2. The molecule has 35 heavy (non-hydrogen) atoms. The van der Waals surface area contributed by atoms with E-state index in [0.717, 1.165) is 36.5 Å². The van der Waals surface area contributed by atoms with Crippen LogP contribution in [-0.4, -0.2) is 49.3 Å². The van der Waals surface area contributed by atoms with Gasteiger partial charge in [-0.05, 0) is 31.4 Å². The highest BCUT2D eigenvalue weighted by Crippen LogP contribution is 2.30. The maximum atomic E-state index is 12.6. The molecule has 0 bridgehead atoms. The molecule has 8 heteroatoms. The lowest BCUT2D eigenvalue weighted by atomic mass is 10.1. The Bertz CT molecular complexity index is 1100. The van der Waals surface area contributed by atoms with Gasteiger partial charge in [0.25, 0.3) is 5.91 Å². The number of oxazole rings is 1. The molecule has 4 rings (SSSR count). The van der Waals surface area contributed by atoms with Gasteiger partial charge in [-0.2, -0.15) is 0 Å². The van der Waals surface area contributed by atoms with Crippen LogP contribution in [0.2, 0.25) is 0 Å². The second kappa shape index (κ2) is 11.9. The monoisotopic (exact) mass is 479 g/mol. The number of nitrogens with zero attached hydrogens (tertiary/aromatic N) is 2. The molecule has 1 aromatic heterocycles. The van der Waals surface area contributed by atoms with Crippen LogP contribution < -0.4 is 14.8 Å². The summed E-state index contributed by atoms with van der Waals surface area (Å²) in [5.41, 5.74) is 2.45. The van der Waals surface area contributed by atoms with Crippen molar-refractivity contribution in [2.75, 3.05) is 27.4 Å². The fourth-order valence-corrected chi connectivity index (χ4v) is 4.24. The fourth-order valence-electron chi connectivity index (χ4n) is 4.24. The van der Waals surface area contributed by atoms with Crippen LogP contribution in [0.1, 0.15) is 53.3 Å². The van der Waals surface area contributed by atoms with Gasteiger partial charge in [0.1, 0.15) is 17.8 Å². The Morgan fingerprint density at radius 2 is 2.00 bits per heavy atom. The van der Waals surface area contributed by atoms with Crippen LogP contribution in [-0.2, 0) is 17.8 Å². The normalized spacial score (nSPS) is 16.3. The summed E-state index contributed by atoms with van der Waals surface area (Å²) in [5, 5.41) is 2.89. The molecule has 1 saturated heterocycles. The van der Waals surface area contributed by atoms with Gasteiger partial charge in [-0.25, -0.2) is 4.98 Å². The van der Waals surface area contributed by atoms with E-state index in [1.54, 1.807) is 14.2 Å². The molecule has 1 amide bonds. The van der Waals surface area contributed by atoms with E-state index >= 15 is 0 Å². The molecule has 186 valence electrons. The molecule has 0 saturated carbocycles. The number of carbonyl (C=O) groups is 1. The molecule has 1 aliphatic heterocycles. The van der Waals surface area contributed by atoms with Crippen molar-refractivity contribution in [1.29, 1.82) is 0 Å². The first kappa shape index (κ1) is 24.8. The van der Waals surface area contributed by atoms with Crippen LogP contribution in [0.25, 0.3) is 0 Å². The molecular weight excluding hydrogens is 446 g/mol. The minimum Gasteiger partial charge on any atom is -0.497 e. The quantitative estimate of drug-likeness (QED) is 0.437. The predicted molar refractivity (Wildman–Crippen MR) is 131 cm³/mol. The average Bonchev–Trinajstić information content (AvgIpc) is 3.59. The number of amides is 1. The third-order valence-electron chi connectivity index (χ3n) is 6.33. The summed E-state index contributed by atoms with van der Waals surface area (Å²) in [4.78, 5) is 19.3. The van der Waals surface area contributed by atoms with Crippen molar-refractivity contribution in [3.05, 3.63) is 77.5 Å². The summed E-state index contributed by atoms with van der Waals surface area (Å²) < 4.78 is 22.2. The van der Waals surface area contributed by atoms with Gasteiger partial charge in [0.2, 0.25) is 5.89 Å².